The first-order valence-corrected chi connectivity index (χ1v) is 5.46. The quantitative estimate of drug-likeness (QED) is 0.775. The number of nitrogens with one attached hydrogen (secondary N) is 1. The number of hydrogen-bond acceptors (Lipinski definition) is 5. The number of nitrogen functional groups attached to an aromatic ring is 1. The lowest BCUT2D eigenvalue weighted by atomic mass is 10.2. The maximum Gasteiger partial charge on any atom is 0.155 e. The summed E-state index contributed by atoms with van der Waals surface area (Å²) in [6.45, 7) is 3.06. The average molecular weight is 233 g/mol. The van der Waals surface area contributed by atoms with E-state index < -0.39 is 0 Å². The molecule has 0 atom stereocenters. The molecule has 5 nitrogen and oxygen atoms in total. The molecule has 0 spiro atoms. The molecule has 1 aromatic carbocycles. The molecule has 5 heteroatoms. The van der Waals surface area contributed by atoms with Crippen LogP contribution < -0.4 is 15.8 Å². The van der Waals surface area contributed by atoms with E-state index in [1.54, 1.807) is 12.3 Å². The van der Waals surface area contributed by atoms with E-state index in [0.717, 1.165) is 11.4 Å². The summed E-state index contributed by atoms with van der Waals surface area (Å²) < 4.78 is 10.4. The average Bonchev–Trinajstić information content (AvgIpc) is 2.83. The Labute approximate surface area is 99.6 Å². The first kappa shape index (κ1) is 11.3. The van der Waals surface area contributed by atoms with Gasteiger partial charge in [-0.2, -0.15) is 0 Å². The number of para-hydroxylation sites is 1. The highest BCUT2D eigenvalue weighted by molar-refractivity contribution is 5.72. The van der Waals surface area contributed by atoms with Crippen molar-refractivity contribution in [3.8, 4) is 5.75 Å². The maximum absolute atomic E-state index is 5.98. The number of benzene rings is 1. The predicted molar refractivity (Wildman–Crippen MR) is 65.9 cm³/mol. The zero-order valence-corrected chi connectivity index (χ0v) is 9.64. The third-order valence-corrected chi connectivity index (χ3v) is 2.31. The molecule has 0 aliphatic carbocycles. The Hall–Kier alpha value is -2.17. The number of anilines is 2. The summed E-state index contributed by atoms with van der Waals surface area (Å²) in [5, 5.41) is 6.81. The molecule has 1 aromatic heterocycles. The van der Waals surface area contributed by atoms with Crippen LogP contribution in [0.5, 0.6) is 5.75 Å². The van der Waals surface area contributed by atoms with E-state index in [2.05, 4.69) is 10.5 Å². The molecule has 90 valence electrons. The van der Waals surface area contributed by atoms with Gasteiger partial charge in [0, 0.05) is 6.07 Å². The zero-order valence-electron chi connectivity index (χ0n) is 9.64. The lowest BCUT2D eigenvalue weighted by Gasteiger charge is -2.12. The minimum Gasteiger partial charge on any atom is -0.492 e. The van der Waals surface area contributed by atoms with Gasteiger partial charge in [-0.3, -0.25) is 0 Å². The summed E-state index contributed by atoms with van der Waals surface area (Å²) in [5.74, 6) is 1.45. The van der Waals surface area contributed by atoms with Crippen molar-refractivity contribution >= 4 is 11.4 Å². The molecular weight excluding hydrogens is 218 g/mol. The molecule has 3 N–H and O–H groups in total. The highest BCUT2D eigenvalue weighted by Crippen LogP contribution is 2.29. The van der Waals surface area contributed by atoms with Crippen LogP contribution in [-0.2, 0) is 6.54 Å². The summed E-state index contributed by atoms with van der Waals surface area (Å²) in [4.78, 5) is 0. The second-order valence-corrected chi connectivity index (χ2v) is 3.48. The minimum atomic E-state index is 0.541. The Kier molecular flexibility index (Phi) is 3.49. The van der Waals surface area contributed by atoms with E-state index in [9.17, 15) is 0 Å². The van der Waals surface area contributed by atoms with Gasteiger partial charge < -0.3 is 20.3 Å². The third kappa shape index (κ3) is 2.69. The summed E-state index contributed by atoms with van der Waals surface area (Å²) in [6.07, 6.45) is 1.61. The van der Waals surface area contributed by atoms with Crippen molar-refractivity contribution in [1.29, 1.82) is 0 Å². The number of ether oxygens (including phenoxy) is 1. The van der Waals surface area contributed by atoms with Crippen LogP contribution in [0.1, 0.15) is 12.7 Å². The minimum absolute atomic E-state index is 0.541. The third-order valence-electron chi connectivity index (χ3n) is 2.31. The molecule has 0 bridgehead atoms. The molecular formula is C12H15N3O2. The molecule has 0 saturated carbocycles. The highest BCUT2D eigenvalue weighted by Gasteiger charge is 2.05. The normalized spacial score (nSPS) is 10.2. The fourth-order valence-electron chi connectivity index (χ4n) is 1.50. The Bertz CT molecular complexity index is 469. The molecule has 0 radical (unpaired) electrons. The Morgan fingerprint density at radius 1 is 1.41 bits per heavy atom. The fourth-order valence-corrected chi connectivity index (χ4v) is 1.50. The number of hydrogen-bond donors (Lipinski definition) is 2. The van der Waals surface area contributed by atoms with Gasteiger partial charge in [0.2, 0.25) is 0 Å². The topological polar surface area (TPSA) is 73.3 Å². The van der Waals surface area contributed by atoms with Gasteiger partial charge in [0.15, 0.2) is 5.76 Å². The monoisotopic (exact) mass is 233 g/mol. The van der Waals surface area contributed by atoms with Crippen LogP contribution in [0.4, 0.5) is 11.4 Å². The van der Waals surface area contributed by atoms with Gasteiger partial charge in [-0.25, -0.2) is 0 Å². The maximum atomic E-state index is 5.98. The first-order valence-electron chi connectivity index (χ1n) is 5.46. The van der Waals surface area contributed by atoms with Crippen molar-refractivity contribution in [2.75, 3.05) is 17.7 Å². The number of nitrogens with two attached hydrogens (primary N) is 1. The molecule has 0 aliphatic rings. The molecule has 0 fully saturated rings. The van der Waals surface area contributed by atoms with E-state index in [0.29, 0.717) is 24.6 Å². The first-order chi connectivity index (χ1) is 8.31. The SMILES string of the molecule is CCOc1cccc(NCc2ccno2)c1N. The van der Waals surface area contributed by atoms with Gasteiger partial charge in [-0.1, -0.05) is 11.2 Å². The van der Waals surface area contributed by atoms with Crippen molar-refractivity contribution in [1.82, 2.24) is 5.16 Å². The van der Waals surface area contributed by atoms with Crippen LogP contribution in [0.25, 0.3) is 0 Å². The van der Waals surface area contributed by atoms with Crippen LogP contribution >= 0.6 is 0 Å². The molecule has 0 unspecified atom stereocenters. The van der Waals surface area contributed by atoms with Gasteiger partial charge >= 0.3 is 0 Å². The largest absolute Gasteiger partial charge is 0.492 e. The molecule has 2 rings (SSSR count). The number of rotatable bonds is 5. The van der Waals surface area contributed by atoms with Crippen molar-refractivity contribution in [3.05, 3.63) is 36.2 Å². The molecule has 0 saturated heterocycles. The van der Waals surface area contributed by atoms with Crippen molar-refractivity contribution < 1.29 is 9.26 Å². The number of aromatic nitrogens is 1. The molecule has 1 heterocycles. The predicted octanol–water partition coefficient (Wildman–Crippen LogP) is 2.27. The lowest BCUT2D eigenvalue weighted by molar-refractivity contribution is 0.342. The van der Waals surface area contributed by atoms with E-state index >= 15 is 0 Å². The van der Waals surface area contributed by atoms with Crippen LogP contribution in [0.2, 0.25) is 0 Å². The second-order valence-electron chi connectivity index (χ2n) is 3.48. The summed E-state index contributed by atoms with van der Waals surface area (Å²) in [5.41, 5.74) is 7.41. The van der Waals surface area contributed by atoms with E-state index in [1.165, 1.54) is 0 Å². The lowest BCUT2D eigenvalue weighted by Crippen LogP contribution is -2.04. The van der Waals surface area contributed by atoms with Gasteiger partial charge in [0.1, 0.15) is 5.75 Å². The fraction of sp³-hybridized carbons (Fsp3) is 0.250. The van der Waals surface area contributed by atoms with Gasteiger partial charge in [0.05, 0.1) is 30.7 Å². The van der Waals surface area contributed by atoms with Crippen molar-refractivity contribution in [3.63, 3.8) is 0 Å². The Morgan fingerprint density at radius 2 is 2.29 bits per heavy atom. The van der Waals surface area contributed by atoms with Crippen LogP contribution in [0.3, 0.4) is 0 Å². The van der Waals surface area contributed by atoms with Crippen LogP contribution in [0.15, 0.2) is 35.0 Å². The Morgan fingerprint density at radius 3 is 3.00 bits per heavy atom. The van der Waals surface area contributed by atoms with E-state index in [-0.39, 0.29) is 0 Å². The molecule has 0 amide bonds. The van der Waals surface area contributed by atoms with Crippen molar-refractivity contribution in [2.45, 2.75) is 13.5 Å². The zero-order chi connectivity index (χ0) is 12.1. The Balaban J connectivity index is 2.07. The summed E-state index contributed by atoms with van der Waals surface area (Å²) in [7, 11) is 0. The van der Waals surface area contributed by atoms with Gasteiger partial charge in [-0.05, 0) is 19.1 Å². The number of nitrogens with zero attached hydrogens (tertiary/aromatic N) is 1. The second kappa shape index (κ2) is 5.25. The molecule has 0 aliphatic heterocycles. The van der Waals surface area contributed by atoms with Crippen LogP contribution in [0, 0.1) is 0 Å². The van der Waals surface area contributed by atoms with Crippen molar-refractivity contribution in [2.24, 2.45) is 0 Å². The summed E-state index contributed by atoms with van der Waals surface area (Å²) in [6, 6.07) is 7.44. The van der Waals surface area contributed by atoms with Crippen LogP contribution in [-0.4, -0.2) is 11.8 Å². The molecule has 2 aromatic rings. The van der Waals surface area contributed by atoms with E-state index in [4.69, 9.17) is 15.0 Å². The van der Waals surface area contributed by atoms with Gasteiger partial charge in [-0.15, -0.1) is 0 Å². The van der Waals surface area contributed by atoms with E-state index in [1.807, 2.05) is 25.1 Å². The highest BCUT2D eigenvalue weighted by atomic mass is 16.5. The smallest absolute Gasteiger partial charge is 0.155 e. The molecule has 17 heavy (non-hydrogen) atoms. The van der Waals surface area contributed by atoms with Gasteiger partial charge in [0.25, 0.3) is 0 Å². The summed E-state index contributed by atoms with van der Waals surface area (Å²) >= 11 is 0. The standard InChI is InChI=1S/C12H15N3O2/c1-2-16-11-5-3-4-10(12(11)13)14-8-9-6-7-15-17-9/h3-7,14H,2,8,13H2,1H3.